The molecule has 17 heavy (non-hydrogen) atoms. The summed E-state index contributed by atoms with van der Waals surface area (Å²) in [6.45, 7) is 6.35. The number of carbonyl (C=O) groups excluding carboxylic acids is 1. The molecule has 0 aliphatic carbocycles. The van der Waals surface area contributed by atoms with Crippen LogP contribution in [0.2, 0.25) is 0 Å². The fourth-order valence-corrected chi connectivity index (χ4v) is 1.86. The number of aliphatic hydroxyl groups excluding tert-OH is 1. The van der Waals surface area contributed by atoms with Crippen molar-refractivity contribution in [2.24, 2.45) is 0 Å². The van der Waals surface area contributed by atoms with Gasteiger partial charge in [0.2, 0.25) is 5.91 Å². The fourth-order valence-electron chi connectivity index (χ4n) is 1.86. The summed E-state index contributed by atoms with van der Waals surface area (Å²) in [7, 11) is 0. The van der Waals surface area contributed by atoms with E-state index in [1.165, 1.54) is 19.3 Å². The lowest BCUT2D eigenvalue weighted by molar-refractivity contribution is -0.123. The minimum Gasteiger partial charge on any atom is -0.396 e. The first-order valence-corrected chi connectivity index (χ1v) is 7.00. The van der Waals surface area contributed by atoms with Crippen LogP contribution in [0.3, 0.4) is 0 Å². The van der Waals surface area contributed by atoms with Gasteiger partial charge >= 0.3 is 0 Å². The Bertz CT molecular complexity index is 206. The normalized spacial score (nSPS) is 14.4. The van der Waals surface area contributed by atoms with Gasteiger partial charge in [-0.1, -0.05) is 39.5 Å². The van der Waals surface area contributed by atoms with Gasteiger partial charge in [-0.3, -0.25) is 4.79 Å². The minimum atomic E-state index is -0.241. The molecule has 1 unspecified atom stereocenters. The molecule has 0 heterocycles. The molecule has 102 valence electrons. The van der Waals surface area contributed by atoms with E-state index in [1.54, 1.807) is 0 Å². The molecule has 1 atom stereocenters. The highest BCUT2D eigenvalue weighted by Gasteiger charge is 2.22. The van der Waals surface area contributed by atoms with E-state index in [1.807, 2.05) is 13.8 Å². The first-order valence-electron chi connectivity index (χ1n) is 7.00. The molecular formula is C14H29NO2. The van der Waals surface area contributed by atoms with Crippen molar-refractivity contribution < 1.29 is 9.90 Å². The second-order valence-electron chi connectivity index (χ2n) is 5.10. The van der Waals surface area contributed by atoms with Crippen molar-refractivity contribution in [1.29, 1.82) is 0 Å². The molecule has 3 nitrogen and oxygen atoms in total. The van der Waals surface area contributed by atoms with Crippen LogP contribution < -0.4 is 5.32 Å². The second-order valence-corrected chi connectivity index (χ2v) is 5.10. The lowest BCUT2D eigenvalue weighted by Gasteiger charge is -2.29. The van der Waals surface area contributed by atoms with Crippen LogP contribution in [0.25, 0.3) is 0 Å². The lowest BCUT2D eigenvalue weighted by Crippen LogP contribution is -2.46. The Hall–Kier alpha value is -0.570. The van der Waals surface area contributed by atoms with Crippen molar-refractivity contribution in [3.63, 3.8) is 0 Å². The number of nitrogens with one attached hydrogen (secondary N) is 1. The summed E-state index contributed by atoms with van der Waals surface area (Å²) in [5.41, 5.74) is -0.241. The van der Waals surface area contributed by atoms with E-state index in [4.69, 9.17) is 5.11 Å². The van der Waals surface area contributed by atoms with Gasteiger partial charge in [-0.15, -0.1) is 0 Å². The van der Waals surface area contributed by atoms with Crippen LogP contribution in [-0.4, -0.2) is 23.2 Å². The van der Waals surface area contributed by atoms with Crippen LogP contribution in [0.15, 0.2) is 0 Å². The molecule has 0 aromatic rings. The predicted molar refractivity (Wildman–Crippen MR) is 71.9 cm³/mol. The third-order valence-electron chi connectivity index (χ3n) is 3.39. The van der Waals surface area contributed by atoms with Gasteiger partial charge in [0, 0.05) is 18.6 Å². The van der Waals surface area contributed by atoms with E-state index in [0.29, 0.717) is 12.8 Å². The van der Waals surface area contributed by atoms with Crippen molar-refractivity contribution in [3.05, 3.63) is 0 Å². The summed E-state index contributed by atoms with van der Waals surface area (Å²) in [6.07, 6.45) is 7.95. The smallest absolute Gasteiger partial charge is 0.220 e. The molecule has 0 aliphatic heterocycles. The first-order chi connectivity index (χ1) is 8.08. The Morgan fingerprint density at radius 2 is 1.82 bits per heavy atom. The summed E-state index contributed by atoms with van der Waals surface area (Å²) in [6, 6.07) is 0. The van der Waals surface area contributed by atoms with E-state index < -0.39 is 0 Å². The number of hydrogen-bond acceptors (Lipinski definition) is 2. The highest BCUT2D eigenvalue weighted by molar-refractivity contribution is 5.76. The summed E-state index contributed by atoms with van der Waals surface area (Å²) >= 11 is 0. The molecule has 0 spiro atoms. The molecule has 0 saturated carbocycles. The van der Waals surface area contributed by atoms with Gasteiger partial charge in [-0.25, -0.2) is 0 Å². The maximum absolute atomic E-state index is 11.7. The lowest BCUT2D eigenvalue weighted by atomic mass is 9.94. The third kappa shape index (κ3) is 8.19. The maximum atomic E-state index is 11.7. The Morgan fingerprint density at radius 3 is 2.35 bits per heavy atom. The van der Waals surface area contributed by atoms with Crippen LogP contribution in [0.4, 0.5) is 0 Å². The SMILES string of the molecule is CCCCCCCC(=O)NC(C)(CC)CCO. The molecule has 3 heteroatoms. The molecule has 0 radical (unpaired) electrons. The van der Waals surface area contributed by atoms with Crippen molar-refractivity contribution in [3.8, 4) is 0 Å². The average Bonchev–Trinajstić information content (AvgIpc) is 2.29. The average molecular weight is 243 g/mol. The number of hydrogen-bond donors (Lipinski definition) is 2. The van der Waals surface area contributed by atoms with Gasteiger partial charge in [0.15, 0.2) is 0 Å². The fraction of sp³-hybridized carbons (Fsp3) is 0.929. The van der Waals surface area contributed by atoms with Crippen LogP contribution in [-0.2, 0) is 4.79 Å². The molecule has 0 aromatic carbocycles. The largest absolute Gasteiger partial charge is 0.396 e. The summed E-state index contributed by atoms with van der Waals surface area (Å²) in [5, 5.41) is 12.0. The number of carbonyl (C=O) groups is 1. The van der Waals surface area contributed by atoms with Gasteiger partial charge in [-0.2, -0.15) is 0 Å². The summed E-state index contributed by atoms with van der Waals surface area (Å²) in [5.74, 6) is 0.124. The quantitative estimate of drug-likeness (QED) is 0.579. The predicted octanol–water partition coefficient (Wildman–Crippen LogP) is 3.01. The van der Waals surface area contributed by atoms with E-state index in [2.05, 4.69) is 12.2 Å². The topological polar surface area (TPSA) is 49.3 Å². The van der Waals surface area contributed by atoms with Crippen molar-refractivity contribution in [2.45, 2.75) is 77.7 Å². The molecule has 0 bridgehead atoms. The van der Waals surface area contributed by atoms with Crippen LogP contribution in [0.1, 0.15) is 72.1 Å². The van der Waals surface area contributed by atoms with E-state index in [0.717, 1.165) is 19.3 Å². The highest BCUT2D eigenvalue weighted by Crippen LogP contribution is 2.14. The zero-order valence-electron chi connectivity index (χ0n) is 11.7. The highest BCUT2D eigenvalue weighted by atomic mass is 16.3. The molecule has 1 amide bonds. The zero-order valence-corrected chi connectivity index (χ0v) is 11.7. The zero-order chi connectivity index (χ0) is 13.1. The maximum Gasteiger partial charge on any atom is 0.220 e. The number of amides is 1. The number of aliphatic hydroxyl groups is 1. The molecule has 0 fully saturated rings. The Morgan fingerprint density at radius 1 is 1.18 bits per heavy atom. The molecule has 0 aromatic heterocycles. The molecule has 2 N–H and O–H groups in total. The minimum absolute atomic E-state index is 0.124. The van der Waals surface area contributed by atoms with Crippen molar-refractivity contribution in [1.82, 2.24) is 5.32 Å². The van der Waals surface area contributed by atoms with Crippen molar-refractivity contribution in [2.75, 3.05) is 6.61 Å². The van der Waals surface area contributed by atoms with Gasteiger partial charge in [-0.05, 0) is 26.2 Å². The van der Waals surface area contributed by atoms with Gasteiger partial charge in [0.05, 0.1) is 0 Å². The van der Waals surface area contributed by atoms with Gasteiger partial charge < -0.3 is 10.4 Å². The molecule has 0 saturated heterocycles. The molecule has 0 rings (SSSR count). The Kier molecular flexibility index (Phi) is 9.14. The van der Waals surface area contributed by atoms with E-state index in [9.17, 15) is 4.79 Å². The third-order valence-corrected chi connectivity index (χ3v) is 3.39. The monoisotopic (exact) mass is 243 g/mol. The first kappa shape index (κ1) is 16.4. The standard InChI is InChI=1S/C14H29NO2/c1-4-6-7-8-9-10-13(17)15-14(3,5-2)11-12-16/h16H,4-12H2,1-3H3,(H,15,17). The van der Waals surface area contributed by atoms with E-state index >= 15 is 0 Å². The van der Waals surface area contributed by atoms with Gasteiger partial charge in [0.1, 0.15) is 0 Å². The summed E-state index contributed by atoms with van der Waals surface area (Å²) in [4.78, 5) is 11.7. The summed E-state index contributed by atoms with van der Waals surface area (Å²) < 4.78 is 0. The van der Waals surface area contributed by atoms with E-state index in [-0.39, 0.29) is 18.1 Å². The Labute approximate surface area is 106 Å². The second kappa shape index (κ2) is 9.46. The van der Waals surface area contributed by atoms with Crippen LogP contribution >= 0.6 is 0 Å². The van der Waals surface area contributed by atoms with Gasteiger partial charge in [0.25, 0.3) is 0 Å². The Balaban J connectivity index is 3.75. The molecular weight excluding hydrogens is 214 g/mol. The molecule has 0 aliphatic rings. The number of rotatable bonds is 10. The van der Waals surface area contributed by atoms with Crippen molar-refractivity contribution >= 4 is 5.91 Å². The van der Waals surface area contributed by atoms with Crippen LogP contribution in [0.5, 0.6) is 0 Å². The number of unbranched alkanes of at least 4 members (excludes halogenated alkanes) is 4. The van der Waals surface area contributed by atoms with Crippen LogP contribution in [0, 0.1) is 0 Å².